The Morgan fingerprint density at radius 2 is 0.880 bits per heavy atom. The van der Waals surface area contributed by atoms with Gasteiger partial charge in [-0.3, -0.25) is 9.13 Å². The highest BCUT2D eigenvalue weighted by Gasteiger charge is 2.19. The number of para-hydroxylation sites is 2. The number of benzene rings is 6. The molecule has 234 valence electrons. The molecule has 0 saturated heterocycles. The van der Waals surface area contributed by atoms with E-state index in [0.717, 1.165) is 77.7 Å². The third-order valence-corrected chi connectivity index (χ3v) is 9.60. The first-order valence-corrected chi connectivity index (χ1v) is 16.8. The molecule has 50 heavy (non-hydrogen) atoms. The van der Waals surface area contributed by atoms with Crippen LogP contribution in [-0.2, 0) is 0 Å². The maximum atomic E-state index is 5.23. The van der Waals surface area contributed by atoms with Gasteiger partial charge < -0.3 is 0 Å². The van der Waals surface area contributed by atoms with Crippen molar-refractivity contribution in [3.05, 3.63) is 176 Å². The largest absolute Gasteiger partial charge is 0.294 e. The van der Waals surface area contributed by atoms with Gasteiger partial charge in [-0.1, -0.05) is 121 Å². The summed E-state index contributed by atoms with van der Waals surface area (Å²) in [5.41, 5.74) is 11.4. The summed E-state index contributed by atoms with van der Waals surface area (Å²) in [6.07, 6.45) is 1.87. The molecular formula is C45H29N5. The van der Waals surface area contributed by atoms with E-state index in [1.54, 1.807) is 0 Å². The van der Waals surface area contributed by atoms with E-state index in [-0.39, 0.29) is 0 Å². The van der Waals surface area contributed by atoms with Crippen LogP contribution >= 0.6 is 0 Å². The van der Waals surface area contributed by atoms with Crippen molar-refractivity contribution in [3.63, 3.8) is 0 Å². The van der Waals surface area contributed by atoms with Crippen molar-refractivity contribution in [2.75, 3.05) is 0 Å². The van der Waals surface area contributed by atoms with Crippen molar-refractivity contribution in [1.29, 1.82) is 0 Å². The van der Waals surface area contributed by atoms with E-state index >= 15 is 0 Å². The molecule has 6 aromatic carbocycles. The third-order valence-electron chi connectivity index (χ3n) is 9.60. The van der Waals surface area contributed by atoms with Crippen LogP contribution in [0.5, 0.6) is 0 Å². The molecular weight excluding hydrogens is 611 g/mol. The van der Waals surface area contributed by atoms with Crippen LogP contribution in [0.15, 0.2) is 176 Å². The van der Waals surface area contributed by atoms with Crippen LogP contribution in [0, 0.1) is 0 Å². The minimum atomic E-state index is 0.638. The van der Waals surface area contributed by atoms with Crippen molar-refractivity contribution in [2.24, 2.45) is 0 Å². The summed E-state index contributed by atoms with van der Waals surface area (Å²) >= 11 is 0. The first kappa shape index (κ1) is 28.2. The maximum Gasteiger partial charge on any atom is 0.235 e. The fourth-order valence-electron chi connectivity index (χ4n) is 7.28. The highest BCUT2D eigenvalue weighted by atomic mass is 15.2. The summed E-state index contributed by atoms with van der Waals surface area (Å²) in [5, 5.41) is 4.63. The Labute approximate surface area is 288 Å². The number of rotatable bonds is 5. The molecule has 0 aliphatic heterocycles. The highest BCUT2D eigenvalue weighted by molar-refractivity contribution is 6.11. The van der Waals surface area contributed by atoms with Crippen molar-refractivity contribution >= 4 is 43.7 Å². The van der Waals surface area contributed by atoms with E-state index in [1.807, 2.05) is 30.5 Å². The first-order chi connectivity index (χ1) is 24.8. The number of fused-ring (bicyclic) bond motifs is 6. The van der Waals surface area contributed by atoms with Crippen LogP contribution in [0.3, 0.4) is 0 Å². The Balaban J connectivity index is 1.22. The standard InChI is InChI=1S/C45H29N5/c1-4-13-30(14-5-1)39-29-40(31-15-6-2-7-16-31)48-45(47-39)50-41-21-11-10-19-35(41)36-24-22-33(28-43(36)50)32-23-25-37-38-20-12-26-46-44(38)49(42(37)27-32)34-17-8-3-9-18-34/h1-29H. The van der Waals surface area contributed by atoms with Gasteiger partial charge in [0, 0.05) is 44.6 Å². The molecule has 5 heteroatoms. The molecule has 0 bridgehead atoms. The van der Waals surface area contributed by atoms with Gasteiger partial charge in [-0.25, -0.2) is 15.0 Å². The molecule has 10 rings (SSSR count). The lowest BCUT2D eigenvalue weighted by molar-refractivity contribution is 0.996. The molecule has 0 N–H and O–H groups in total. The number of hydrogen-bond donors (Lipinski definition) is 0. The molecule has 5 nitrogen and oxygen atoms in total. The molecule has 0 amide bonds. The van der Waals surface area contributed by atoms with Gasteiger partial charge in [-0.2, -0.15) is 0 Å². The molecule has 0 saturated carbocycles. The average Bonchev–Trinajstić information content (AvgIpc) is 3.71. The summed E-state index contributed by atoms with van der Waals surface area (Å²) in [6, 6.07) is 59.4. The zero-order valence-electron chi connectivity index (χ0n) is 27.0. The maximum absolute atomic E-state index is 5.23. The predicted octanol–water partition coefficient (Wildman–Crippen LogP) is 11.1. The smallest absolute Gasteiger partial charge is 0.235 e. The third kappa shape index (κ3) is 4.52. The molecule has 0 aliphatic carbocycles. The number of aromatic nitrogens is 5. The van der Waals surface area contributed by atoms with Crippen LogP contribution < -0.4 is 0 Å². The van der Waals surface area contributed by atoms with Crippen LogP contribution in [0.25, 0.3) is 89.0 Å². The Morgan fingerprint density at radius 1 is 0.360 bits per heavy atom. The van der Waals surface area contributed by atoms with E-state index in [2.05, 4.69) is 155 Å². The van der Waals surface area contributed by atoms with E-state index in [9.17, 15) is 0 Å². The molecule has 0 unspecified atom stereocenters. The molecule has 10 aromatic rings. The lowest BCUT2D eigenvalue weighted by Gasteiger charge is -2.12. The average molecular weight is 640 g/mol. The predicted molar refractivity (Wildman–Crippen MR) is 205 cm³/mol. The molecule has 0 aliphatic rings. The van der Waals surface area contributed by atoms with E-state index in [4.69, 9.17) is 15.0 Å². The van der Waals surface area contributed by atoms with Crippen LogP contribution in [-0.4, -0.2) is 24.1 Å². The van der Waals surface area contributed by atoms with Crippen molar-refractivity contribution in [2.45, 2.75) is 0 Å². The van der Waals surface area contributed by atoms with Crippen LogP contribution in [0.1, 0.15) is 0 Å². The summed E-state index contributed by atoms with van der Waals surface area (Å²) in [6.45, 7) is 0. The molecule has 0 fully saturated rings. The Hall–Kier alpha value is -6.85. The summed E-state index contributed by atoms with van der Waals surface area (Å²) in [7, 11) is 0. The van der Waals surface area contributed by atoms with Gasteiger partial charge in [0.1, 0.15) is 5.65 Å². The van der Waals surface area contributed by atoms with Crippen LogP contribution in [0.2, 0.25) is 0 Å². The molecule has 4 heterocycles. The van der Waals surface area contributed by atoms with E-state index < -0.39 is 0 Å². The number of pyridine rings is 1. The van der Waals surface area contributed by atoms with E-state index in [0.29, 0.717) is 5.95 Å². The lowest BCUT2D eigenvalue weighted by atomic mass is 10.0. The van der Waals surface area contributed by atoms with Gasteiger partial charge in [0.25, 0.3) is 0 Å². The van der Waals surface area contributed by atoms with Gasteiger partial charge in [0.2, 0.25) is 5.95 Å². The number of nitrogens with zero attached hydrogens (tertiary/aromatic N) is 5. The summed E-state index contributed by atoms with van der Waals surface area (Å²) in [4.78, 5) is 15.3. The second-order valence-corrected chi connectivity index (χ2v) is 12.5. The Morgan fingerprint density at radius 3 is 1.54 bits per heavy atom. The first-order valence-electron chi connectivity index (χ1n) is 16.8. The normalized spacial score (nSPS) is 11.6. The Kier molecular flexibility index (Phi) is 6.42. The monoisotopic (exact) mass is 639 g/mol. The molecule has 0 radical (unpaired) electrons. The minimum Gasteiger partial charge on any atom is -0.294 e. The van der Waals surface area contributed by atoms with Crippen molar-refractivity contribution in [1.82, 2.24) is 24.1 Å². The van der Waals surface area contributed by atoms with Gasteiger partial charge in [-0.15, -0.1) is 0 Å². The highest BCUT2D eigenvalue weighted by Crippen LogP contribution is 2.38. The summed E-state index contributed by atoms with van der Waals surface area (Å²) < 4.78 is 4.48. The van der Waals surface area contributed by atoms with Gasteiger partial charge >= 0.3 is 0 Å². The second-order valence-electron chi connectivity index (χ2n) is 12.5. The fraction of sp³-hybridized carbons (Fsp3) is 0. The zero-order valence-corrected chi connectivity index (χ0v) is 27.0. The fourth-order valence-corrected chi connectivity index (χ4v) is 7.28. The Bertz CT molecular complexity index is 2800. The summed E-state index contributed by atoms with van der Waals surface area (Å²) in [5.74, 6) is 0.638. The quantitative estimate of drug-likeness (QED) is 0.188. The second kappa shape index (κ2) is 11.4. The molecule has 4 aromatic heterocycles. The minimum absolute atomic E-state index is 0.638. The van der Waals surface area contributed by atoms with Crippen molar-refractivity contribution in [3.8, 4) is 45.3 Å². The zero-order chi connectivity index (χ0) is 33.0. The SMILES string of the molecule is c1ccc(-c2cc(-c3ccccc3)nc(-n3c4ccccc4c4ccc(-c5ccc6c7cccnc7n(-c7ccccc7)c6c5)cc43)n2)cc1. The van der Waals surface area contributed by atoms with Gasteiger partial charge in [-0.05, 0) is 59.7 Å². The number of hydrogen-bond acceptors (Lipinski definition) is 3. The molecule has 0 atom stereocenters. The van der Waals surface area contributed by atoms with Gasteiger partial charge in [0.15, 0.2) is 0 Å². The molecule has 0 spiro atoms. The topological polar surface area (TPSA) is 48.5 Å². The van der Waals surface area contributed by atoms with E-state index in [1.165, 1.54) is 5.39 Å². The van der Waals surface area contributed by atoms with Crippen LogP contribution in [0.4, 0.5) is 0 Å². The van der Waals surface area contributed by atoms with Gasteiger partial charge in [0.05, 0.1) is 27.9 Å². The lowest BCUT2D eigenvalue weighted by Crippen LogP contribution is -2.04. The van der Waals surface area contributed by atoms with Crippen molar-refractivity contribution < 1.29 is 0 Å².